The molecule has 2 heterocycles. The molecule has 1 atom stereocenters. The normalized spacial score (nSPS) is 18.1. The monoisotopic (exact) mass is 236 g/mol. The van der Waals surface area contributed by atoms with Crippen molar-refractivity contribution in [3.63, 3.8) is 0 Å². The van der Waals surface area contributed by atoms with Crippen molar-refractivity contribution >= 4 is 5.91 Å². The third-order valence-electron chi connectivity index (χ3n) is 3.36. The summed E-state index contributed by atoms with van der Waals surface area (Å²) >= 11 is 0. The van der Waals surface area contributed by atoms with Crippen LogP contribution in [0.15, 0.2) is 22.8 Å². The fraction of sp³-hybridized carbons (Fsp3) is 0.615. The number of nitrogens with two attached hydrogens (primary N) is 1. The number of carbonyl (C=O) groups excluding carboxylic acids is 1. The summed E-state index contributed by atoms with van der Waals surface area (Å²) in [6.07, 6.45) is 5.58. The van der Waals surface area contributed by atoms with Crippen molar-refractivity contribution in [2.24, 2.45) is 5.73 Å². The zero-order valence-corrected chi connectivity index (χ0v) is 10.1. The molecule has 94 valence electrons. The lowest BCUT2D eigenvalue weighted by Crippen LogP contribution is -2.37. The number of carbonyl (C=O) groups is 1. The molecule has 4 nitrogen and oxygen atoms in total. The van der Waals surface area contributed by atoms with E-state index in [1.54, 1.807) is 6.26 Å². The van der Waals surface area contributed by atoms with Gasteiger partial charge in [0.2, 0.25) is 5.91 Å². The summed E-state index contributed by atoms with van der Waals surface area (Å²) in [6, 6.07) is 3.73. The standard InChI is InChI=1S/C13H20N2O2/c14-10-11(12-5-4-8-17-12)9-13(16)15-6-2-1-3-7-15/h4-5,8,11H,1-3,6-7,9-10,14H2/t11-/m0/s1. The predicted molar refractivity (Wildman–Crippen MR) is 65.6 cm³/mol. The highest BCUT2D eigenvalue weighted by molar-refractivity contribution is 5.77. The molecule has 0 aliphatic carbocycles. The molecule has 1 aliphatic heterocycles. The van der Waals surface area contributed by atoms with Crippen LogP contribution in [0.1, 0.15) is 37.4 Å². The first-order valence-corrected chi connectivity index (χ1v) is 6.32. The molecule has 1 aromatic heterocycles. The van der Waals surface area contributed by atoms with Crippen molar-refractivity contribution in [3.8, 4) is 0 Å². The molecule has 0 radical (unpaired) electrons. The molecule has 1 fully saturated rings. The number of hydrogen-bond donors (Lipinski definition) is 1. The molecule has 0 unspecified atom stereocenters. The molecule has 0 saturated carbocycles. The zero-order chi connectivity index (χ0) is 12.1. The van der Waals surface area contributed by atoms with Crippen molar-refractivity contribution in [2.45, 2.75) is 31.6 Å². The van der Waals surface area contributed by atoms with Crippen molar-refractivity contribution in [2.75, 3.05) is 19.6 Å². The summed E-state index contributed by atoms with van der Waals surface area (Å²) in [5.74, 6) is 1.04. The minimum absolute atomic E-state index is 0.0134. The van der Waals surface area contributed by atoms with Crippen LogP contribution in [0.2, 0.25) is 0 Å². The van der Waals surface area contributed by atoms with Gasteiger partial charge in [0.25, 0.3) is 0 Å². The highest BCUT2D eigenvalue weighted by Crippen LogP contribution is 2.21. The van der Waals surface area contributed by atoms with Gasteiger partial charge in [0.1, 0.15) is 5.76 Å². The maximum Gasteiger partial charge on any atom is 0.223 e. The van der Waals surface area contributed by atoms with E-state index in [4.69, 9.17) is 10.2 Å². The topological polar surface area (TPSA) is 59.5 Å². The van der Waals surface area contributed by atoms with Gasteiger partial charge in [-0.1, -0.05) is 0 Å². The van der Waals surface area contributed by atoms with Crippen molar-refractivity contribution in [1.82, 2.24) is 4.90 Å². The second kappa shape index (κ2) is 5.87. The summed E-state index contributed by atoms with van der Waals surface area (Å²) in [5, 5.41) is 0. The Labute approximate surface area is 102 Å². The number of furan rings is 1. The van der Waals surface area contributed by atoms with Crippen molar-refractivity contribution < 1.29 is 9.21 Å². The van der Waals surface area contributed by atoms with Gasteiger partial charge in [-0.15, -0.1) is 0 Å². The highest BCUT2D eigenvalue weighted by atomic mass is 16.3. The molecule has 0 spiro atoms. The summed E-state index contributed by atoms with van der Waals surface area (Å²) in [6.45, 7) is 2.25. The van der Waals surface area contributed by atoms with Gasteiger partial charge in [0.15, 0.2) is 0 Å². The van der Waals surface area contributed by atoms with Gasteiger partial charge in [0.05, 0.1) is 6.26 Å². The molecule has 0 aromatic carbocycles. The number of likely N-dealkylation sites (tertiary alicyclic amines) is 1. The largest absolute Gasteiger partial charge is 0.469 e. The Bertz CT molecular complexity index is 342. The third-order valence-corrected chi connectivity index (χ3v) is 3.36. The van der Waals surface area contributed by atoms with Gasteiger partial charge < -0.3 is 15.1 Å². The number of amides is 1. The minimum Gasteiger partial charge on any atom is -0.469 e. The quantitative estimate of drug-likeness (QED) is 0.866. The fourth-order valence-corrected chi connectivity index (χ4v) is 2.31. The average molecular weight is 236 g/mol. The molecule has 4 heteroatoms. The second-order valence-electron chi connectivity index (χ2n) is 4.59. The van der Waals surface area contributed by atoms with Crippen LogP contribution in [0.4, 0.5) is 0 Å². The van der Waals surface area contributed by atoms with Gasteiger partial charge >= 0.3 is 0 Å². The van der Waals surface area contributed by atoms with Gasteiger partial charge in [0, 0.05) is 32.0 Å². The average Bonchev–Trinajstić information content (AvgIpc) is 2.90. The first kappa shape index (κ1) is 12.2. The molecule has 17 heavy (non-hydrogen) atoms. The Kier molecular flexibility index (Phi) is 4.20. The van der Waals surface area contributed by atoms with E-state index in [2.05, 4.69) is 0 Å². The van der Waals surface area contributed by atoms with Crippen LogP contribution in [-0.2, 0) is 4.79 Å². The van der Waals surface area contributed by atoms with Gasteiger partial charge in [-0.05, 0) is 31.4 Å². The molecule has 1 aliphatic rings. The Balaban J connectivity index is 1.92. The maximum absolute atomic E-state index is 12.1. The van der Waals surface area contributed by atoms with Crippen LogP contribution < -0.4 is 5.73 Å². The van der Waals surface area contributed by atoms with Gasteiger partial charge in [-0.25, -0.2) is 0 Å². The molecular formula is C13H20N2O2. The van der Waals surface area contributed by atoms with Crippen molar-refractivity contribution in [3.05, 3.63) is 24.2 Å². The molecule has 0 bridgehead atoms. The van der Waals surface area contributed by atoms with E-state index < -0.39 is 0 Å². The second-order valence-corrected chi connectivity index (χ2v) is 4.59. The number of hydrogen-bond acceptors (Lipinski definition) is 3. The first-order chi connectivity index (χ1) is 8.31. The fourth-order valence-electron chi connectivity index (χ4n) is 2.31. The van der Waals surface area contributed by atoms with E-state index in [-0.39, 0.29) is 11.8 Å². The molecule has 2 N–H and O–H groups in total. The SMILES string of the molecule is NC[C@H](CC(=O)N1CCCCC1)c1ccco1. The van der Waals surface area contributed by atoms with Crippen LogP contribution in [0.5, 0.6) is 0 Å². The minimum atomic E-state index is 0.0134. The van der Waals surface area contributed by atoms with Gasteiger partial charge in [-0.3, -0.25) is 4.79 Å². The van der Waals surface area contributed by atoms with Crippen LogP contribution >= 0.6 is 0 Å². The Morgan fingerprint density at radius 2 is 2.18 bits per heavy atom. The lowest BCUT2D eigenvalue weighted by molar-refractivity contribution is -0.132. The van der Waals surface area contributed by atoms with Gasteiger partial charge in [-0.2, -0.15) is 0 Å². The van der Waals surface area contributed by atoms with Crippen molar-refractivity contribution in [1.29, 1.82) is 0 Å². The van der Waals surface area contributed by atoms with E-state index in [1.165, 1.54) is 6.42 Å². The summed E-state index contributed by atoms with van der Waals surface area (Å²) in [7, 11) is 0. The smallest absolute Gasteiger partial charge is 0.223 e. The lowest BCUT2D eigenvalue weighted by Gasteiger charge is -2.27. The molecule has 2 rings (SSSR count). The Morgan fingerprint density at radius 1 is 1.41 bits per heavy atom. The number of piperidine rings is 1. The molecule has 1 aromatic rings. The first-order valence-electron chi connectivity index (χ1n) is 6.32. The van der Waals surface area contributed by atoms with E-state index in [0.29, 0.717) is 13.0 Å². The van der Waals surface area contributed by atoms with Crippen LogP contribution in [0, 0.1) is 0 Å². The zero-order valence-electron chi connectivity index (χ0n) is 10.1. The number of rotatable bonds is 4. The predicted octanol–water partition coefficient (Wildman–Crippen LogP) is 1.72. The van der Waals surface area contributed by atoms with Crippen LogP contribution in [0.3, 0.4) is 0 Å². The maximum atomic E-state index is 12.1. The summed E-state index contributed by atoms with van der Waals surface area (Å²) in [4.78, 5) is 14.0. The van der Waals surface area contributed by atoms with E-state index in [0.717, 1.165) is 31.7 Å². The lowest BCUT2D eigenvalue weighted by atomic mass is 10.0. The van der Waals surface area contributed by atoms with E-state index in [9.17, 15) is 4.79 Å². The Morgan fingerprint density at radius 3 is 2.76 bits per heavy atom. The number of nitrogens with zero attached hydrogens (tertiary/aromatic N) is 1. The molecule has 1 amide bonds. The van der Waals surface area contributed by atoms with E-state index >= 15 is 0 Å². The summed E-state index contributed by atoms with van der Waals surface area (Å²) in [5.41, 5.74) is 5.71. The Hall–Kier alpha value is -1.29. The highest BCUT2D eigenvalue weighted by Gasteiger charge is 2.22. The summed E-state index contributed by atoms with van der Waals surface area (Å²) < 4.78 is 5.32. The molecular weight excluding hydrogens is 216 g/mol. The van der Waals surface area contributed by atoms with E-state index in [1.807, 2.05) is 17.0 Å². The third kappa shape index (κ3) is 3.09. The van der Waals surface area contributed by atoms with Crippen LogP contribution in [0.25, 0.3) is 0 Å². The van der Waals surface area contributed by atoms with Crippen LogP contribution in [-0.4, -0.2) is 30.4 Å². The molecule has 1 saturated heterocycles.